The Bertz CT molecular complexity index is 559. The van der Waals surface area contributed by atoms with E-state index in [0.29, 0.717) is 32.2 Å². The molecule has 0 unspecified atom stereocenters. The molecule has 0 heterocycles. The molecule has 0 aromatic heterocycles. The standard InChI is InChI=1S/C16H23F3N4O2/c1-20-15(22-8-3-11-25-2)23-10-9-21-14(24)12-4-6-13(7-5-12)16(17,18)19/h4-7H,3,8-11H2,1-2H3,(H,21,24)(H2,20,22,23). The van der Waals surface area contributed by atoms with Crippen LogP contribution >= 0.6 is 0 Å². The molecule has 0 saturated heterocycles. The predicted octanol–water partition coefficient (Wildman–Crippen LogP) is 1.64. The summed E-state index contributed by atoms with van der Waals surface area (Å²) in [6.45, 7) is 2.08. The van der Waals surface area contributed by atoms with Crippen molar-refractivity contribution in [3.8, 4) is 0 Å². The number of guanidine groups is 1. The first-order valence-corrected chi connectivity index (χ1v) is 7.77. The lowest BCUT2D eigenvalue weighted by Crippen LogP contribution is -2.42. The molecule has 140 valence electrons. The van der Waals surface area contributed by atoms with Crippen LogP contribution in [0.3, 0.4) is 0 Å². The van der Waals surface area contributed by atoms with Crippen molar-refractivity contribution in [3.63, 3.8) is 0 Å². The highest BCUT2D eigenvalue weighted by molar-refractivity contribution is 5.94. The van der Waals surface area contributed by atoms with E-state index in [0.717, 1.165) is 30.7 Å². The van der Waals surface area contributed by atoms with Crippen LogP contribution in [0.25, 0.3) is 0 Å². The second-order valence-corrected chi connectivity index (χ2v) is 5.10. The van der Waals surface area contributed by atoms with Crippen LogP contribution in [0, 0.1) is 0 Å². The maximum Gasteiger partial charge on any atom is 0.416 e. The minimum Gasteiger partial charge on any atom is -0.385 e. The van der Waals surface area contributed by atoms with E-state index in [1.54, 1.807) is 14.2 Å². The summed E-state index contributed by atoms with van der Waals surface area (Å²) in [5.41, 5.74) is -0.607. The summed E-state index contributed by atoms with van der Waals surface area (Å²) in [6.07, 6.45) is -3.58. The first kappa shape index (κ1) is 20.8. The van der Waals surface area contributed by atoms with E-state index >= 15 is 0 Å². The number of hydrogen-bond acceptors (Lipinski definition) is 3. The number of alkyl halides is 3. The number of halogens is 3. The zero-order valence-corrected chi connectivity index (χ0v) is 14.2. The Morgan fingerprint density at radius 2 is 1.68 bits per heavy atom. The molecular weight excluding hydrogens is 337 g/mol. The highest BCUT2D eigenvalue weighted by atomic mass is 19.4. The first-order chi connectivity index (χ1) is 11.9. The zero-order valence-electron chi connectivity index (χ0n) is 14.2. The number of aliphatic imine (C=N–C) groups is 1. The fourth-order valence-electron chi connectivity index (χ4n) is 1.91. The number of nitrogens with one attached hydrogen (secondary N) is 3. The maximum atomic E-state index is 12.5. The van der Waals surface area contributed by atoms with Crippen molar-refractivity contribution in [2.24, 2.45) is 4.99 Å². The Hall–Kier alpha value is -2.29. The molecule has 9 heteroatoms. The van der Waals surface area contributed by atoms with Crippen LogP contribution in [0.5, 0.6) is 0 Å². The fraction of sp³-hybridized carbons (Fsp3) is 0.500. The highest BCUT2D eigenvalue weighted by Gasteiger charge is 2.30. The van der Waals surface area contributed by atoms with E-state index in [2.05, 4.69) is 20.9 Å². The molecule has 0 saturated carbocycles. The second-order valence-electron chi connectivity index (χ2n) is 5.10. The topological polar surface area (TPSA) is 74.8 Å². The second kappa shape index (κ2) is 10.5. The molecule has 0 atom stereocenters. The van der Waals surface area contributed by atoms with Crippen molar-refractivity contribution in [2.45, 2.75) is 12.6 Å². The Kier molecular flexibility index (Phi) is 8.76. The smallest absolute Gasteiger partial charge is 0.385 e. The lowest BCUT2D eigenvalue weighted by Gasteiger charge is -2.12. The number of rotatable bonds is 8. The summed E-state index contributed by atoms with van der Waals surface area (Å²) in [5.74, 6) is 0.165. The molecule has 1 aromatic rings. The summed E-state index contributed by atoms with van der Waals surface area (Å²) in [7, 11) is 3.26. The summed E-state index contributed by atoms with van der Waals surface area (Å²) >= 11 is 0. The van der Waals surface area contributed by atoms with Crippen molar-refractivity contribution >= 4 is 11.9 Å². The predicted molar refractivity (Wildman–Crippen MR) is 89.6 cm³/mol. The van der Waals surface area contributed by atoms with Gasteiger partial charge >= 0.3 is 6.18 Å². The molecule has 0 spiro atoms. The number of carbonyl (C=O) groups is 1. The lowest BCUT2D eigenvalue weighted by atomic mass is 10.1. The van der Waals surface area contributed by atoms with Gasteiger partial charge in [-0.25, -0.2) is 0 Å². The van der Waals surface area contributed by atoms with Crippen LogP contribution in [0.15, 0.2) is 29.3 Å². The molecule has 1 amide bonds. The minimum absolute atomic E-state index is 0.176. The highest BCUT2D eigenvalue weighted by Crippen LogP contribution is 2.28. The lowest BCUT2D eigenvalue weighted by molar-refractivity contribution is -0.137. The number of carbonyl (C=O) groups excluding carboxylic acids is 1. The molecule has 0 aliphatic heterocycles. The van der Waals surface area contributed by atoms with Gasteiger partial charge in [0.15, 0.2) is 5.96 Å². The SMILES string of the molecule is CN=C(NCCCOC)NCCNC(=O)c1ccc(C(F)(F)F)cc1. The average Bonchev–Trinajstić information content (AvgIpc) is 2.59. The van der Waals surface area contributed by atoms with Gasteiger partial charge in [-0.3, -0.25) is 9.79 Å². The van der Waals surface area contributed by atoms with Gasteiger partial charge in [-0.1, -0.05) is 0 Å². The van der Waals surface area contributed by atoms with Crippen molar-refractivity contribution in [1.82, 2.24) is 16.0 Å². The summed E-state index contributed by atoms with van der Waals surface area (Å²) in [4.78, 5) is 15.9. The van der Waals surface area contributed by atoms with E-state index in [-0.39, 0.29) is 5.56 Å². The van der Waals surface area contributed by atoms with Crippen molar-refractivity contribution in [1.29, 1.82) is 0 Å². The van der Waals surface area contributed by atoms with Gasteiger partial charge in [0.1, 0.15) is 0 Å². The van der Waals surface area contributed by atoms with Gasteiger partial charge in [0.25, 0.3) is 5.91 Å². The Balaban J connectivity index is 2.32. The van der Waals surface area contributed by atoms with Crippen LogP contribution in [-0.4, -0.2) is 52.3 Å². The molecule has 25 heavy (non-hydrogen) atoms. The monoisotopic (exact) mass is 360 g/mol. The summed E-state index contributed by atoms with van der Waals surface area (Å²) in [5, 5.41) is 8.73. The average molecular weight is 360 g/mol. The van der Waals surface area contributed by atoms with E-state index in [1.165, 1.54) is 0 Å². The van der Waals surface area contributed by atoms with E-state index in [1.807, 2.05) is 0 Å². The quantitative estimate of drug-likeness (QED) is 0.374. The molecule has 0 aliphatic rings. The van der Waals surface area contributed by atoms with E-state index in [9.17, 15) is 18.0 Å². The third-order valence-corrected chi connectivity index (χ3v) is 3.22. The number of ether oxygens (including phenoxy) is 1. The number of benzene rings is 1. The van der Waals surface area contributed by atoms with Gasteiger partial charge in [0, 0.05) is 46.0 Å². The summed E-state index contributed by atoms with van der Waals surface area (Å²) in [6, 6.07) is 4.08. The summed E-state index contributed by atoms with van der Waals surface area (Å²) < 4.78 is 42.4. The molecule has 0 fully saturated rings. The van der Waals surface area contributed by atoms with Crippen LogP contribution in [0.4, 0.5) is 13.2 Å². The maximum absolute atomic E-state index is 12.5. The van der Waals surface area contributed by atoms with Gasteiger partial charge < -0.3 is 20.7 Å². The Morgan fingerprint density at radius 1 is 1.08 bits per heavy atom. The normalized spacial score (nSPS) is 12.0. The number of methoxy groups -OCH3 is 1. The van der Waals surface area contributed by atoms with Crippen LogP contribution in [0.2, 0.25) is 0 Å². The molecule has 6 nitrogen and oxygen atoms in total. The molecule has 3 N–H and O–H groups in total. The first-order valence-electron chi connectivity index (χ1n) is 7.77. The van der Waals surface area contributed by atoms with Gasteiger partial charge in [-0.2, -0.15) is 13.2 Å². The largest absolute Gasteiger partial charge is 0.416 e. The Labute approximate surface area is 144 Å². The molecule has 1 aromatic carbocycles. The van der Waals surface area contributed by atoms with Crippen molar-refractivity contribution in [2.75, 3.05) is 40.4 Å². The number of hydrogen-bond donors (Lipinski definition) is 3. The van der Waals surface area contributed by atoms with E-state index in [4.69, 9.17) is 4.74 Å². The molecule has 0 radical (unpaired) electrons. The van der Waals surface area contributed by atoms with Gasteiger partial charge in [0.2, 0.25) is 0 Å². The molecule has 0 bridgehead atoms. The van der Waals surface area contributed by atoms with E-state index < -0.39 is 17.6 Å². The van der Waals surface area contributed by atoms with Crippen LogP contribution in [0.1, 0.15) is 22.3 Å². The van der Waals surface area contributed by atoms with Gasteiger partial charge in [-0.05, 0) is 30.7 Å². The third kappa shape index (κ3) is 7.88. The van der Waals surface area contributed by atoms with Crippen LogP contribution < -0.4 is 16.0 Å². The van der Waals surface area contributed by atoms with Crippen molar-refractivity contribution < 1.29 is 22.7 Å². The number of amides is 1. The zero-order chi connectivity index (χ0) is 18.7. The molecule has 0 aliphatic carbocycles. The minimum atomic E-state index is -4.41. The van der Waals surface area contributed by atoms with Gasteiger partial charge in [0.05, 0.1) is 5.56 Å². The fourth-order valence-corrected chi connectivity index (χ4v) is 1.91. The third-order valence-electron chi connectivity index (χ3n) is 3.22. The molecule has 1 rings (SSSR count). The van der Waals surface area contributed by atoms with Crippen molar-refractivity contribution in [3.05, 3.63) is 35.4 Å². The van der Waals surface area contributed by atoms with Gasteiger partial charge in [-0.15, -0.1) is 0 Å². The molecular formula is C16H23F3N4O2. The van der Waals surface area contributed by atoms with Crippen LogP contribution in [-0.2, 0) is 10.9 Å². The number of nitrogens with zero attached hydrogens (tertiary/aromatic N) is 1. The Morgan fingerprint density at radius 3 is 2.24 bits per heavy atom.